The highest BCUT2D eigenvalue weighted by Crippen LogP contribution is 2.09. The Morgan fingerprint density at radius 2 is 2.19 bits per heavy atom. The lowest BCUT2D eigenvalue weighted by molar-refractivity contribution is -0.128. The van der Waals surface area contributed by atoms with Gasteiger partial charge in [0, 0.05) is 13.1 Å². The molecule has 1 fully saturated rings. The van der Waals surface area contributed by atoms with Gasteiger partial charge in [-0.25, -0.2) is 4.98 Å². The van der Waals surface area contributed by atoms with Crippen molar-refractivity contribution >= 4 is 17.5 Å². The lowest BCUT2D eigenvalue weighted by atomic mass is 10.4. The van der Waals surface area contributed by atoms with E-state index >= 15 is 0 Å². The molecule has 0 radical (unpaired) electrons. The molecule has 1 amide bonds. The molecule has 0 atom stereocenters. The molecular weight excluding hydrogens is 204 g/mol. The second-order valence-electron chi connectivity index (χ2n) is 3.89. The maximum Gasteiger partial charge on any atom is 0.241 e. The number of carbonyl (C=O) groups excluding carboxylic acids is 1. The fourth-order valence-corrected chi connectivity index (χ4v) is 1.79. The van der Waals surface area contributed by atoms with Crippen LogP contribution in [0.25, 0.3) is 0 Å². The van der Waals surface area contributed by atoms with E-state index < -0.39 is 0 Å². The molecule has 0 bridgehead atoms. The normalized spacial score (nSPS) is 15.1. The Morgan fingerprint density at radius 1 is 1.44 bits per heavy atom. The average Bonchev–Trinajstić information content (AvgIpc) is 2.79. The van der Waals surface area contributed by atoms with Gasteiger partial charge < -0.3 is 16.0 Å². The van der Waals surface area contributed by atoms with Crippen LogP contribution in [0.1, 0.15) is 12.8 Å². The highest BCUT2D eigenvalue weighted by atomic mass is 16.2. The molecule has 1 saturated heterocycles. The van der Waals surface area contributed by atoms with E-state index in [1.54, 1.807) is 12.1 Å². The molecule has 1 aromatic rings. The Kier molecular flexibility index (Phi) is 3.24. The number of pyridine rings is 1. The average molecular weight is 220 g/mol. The number of rotatable bonds is 3. The topological polar surface area (TPSA) is 71.2 Å². The van der Waals surface area contributed by atoms with Crippen LogP contribution in [-0.4, -0.2) is 35.4 Å². The van der Waals surface area contributed by atoms with Crippen molar-refractivity contribution in [3.8, 4) is 0 Å². The molecule has 86 valence electrons. The van der Waals surface area contributed by atoms with Gasteiger partial charge in [-0.15, -0.1) is 0 Å². The van der Waals surface area contributed by atoms with Crippen LogP contribution in [0.3, 0.4) is 0 Å². The fourth-order valence-electron chi connectivity index (χ4n) is 1.79. The zero-order chi connectivity index (χ0) is 11.4. The van der Waals surface area contributed by atoms with Crippen LogP contribution in [0, 0.1) is 0 Å². The third-order valence-corrected chi connectivity index (χ3v) is 2.65. The highest BCUT2D eigenvalue weighted by molar-refractivity contribution is 5.80. The van der Waals surface area contributed by atoms with Crippen LogP contribution in [0.2, 0.25) is 0 Å². The zero-order valence-corrected chi connectivity index (χ0v) is 9.15. The van der Waals surface area contributed by atoms with Gasteiger partial charge in [0.2, 0.25) is 5.91 Å². The number of nitrogens with one attached hydrogen (secondary N) is 1. The Hall–Kier alpha value is -1.78. The first-order chi connectivity index (χ1) is 7.75. The summed E-state index contributed by atoms with van der Waals surface area (Å²) in [7, 11) is 0. The van der Waals surface area contributed by atoms with E-state index in [1.165, 1.54) is 0 Å². The van der Waals surface area contributed by atoms with Crippen molar-refractivity contribution in [1.29, 1.82) is 0 Å². The lowest BCUT2D eigenvalue weighted by Crippen LogP contribution is -2.33. The summed E-state index contributed by atoms with van der Waals surface area (Å²) in [5, 5.41) is 2.98. The molecule has 5 heteroatoms. The second kappa shape index (κ2) is 4.83. The second-order valence-corrected chi connectivity index (χ2v) is 3.89. The van der Waals surface area contributed by atoms with Crippen molar-refractivity contribution in [3.63, 3.8) is 0 Å². The summed E-state index contributed by atoms with van der Waals surface area (Å²) in [6, 6.07) is 5.33. The molecule has 0 unspecified atom stereocenters. The van der Waals surface area contributed by atoms with Gasteiger partial charge in [0.05, 0.1) is 6.54 Å². The standard InChI is InChI=1S/C11H16N4O/c12-9-4-3-5-10(14-9)13-8-11(16)15-6-1-2-7-15/h3-5H,1-2,6-8H2,(H3,12,13,14). The summed E-state index contributed by atoms with van der Waals surface area (Å²) in [5.41, 5.74) is 5.54. The van der Waals surface area contributed by atoms with E-state index in [9.17, 15) is 4.79 Å². The number of likely N-dealkylation sites (tertiary alicyclic amines) is 1. The monoisotopic (exact) mass is 220 g/mol. The van der Waals surface area contributed by atoms with E-state index in [-0.39, 0.29) is 12.5 Å². The molecule has 0 spiro atoms. The molecule has 1 aliphatic heterocycles. The predicted molar refractivity (Wildman–Crippen MR) is 63.0 cm³/mol. The summed E-state index contributed by atoms with van der Waals surface area (Å²) in [5.74, 6) is 1.23. The molecule has 1 aromatic heterocycles. The van der Waals surface area contributed by atoms with Crippen molar-refractivity contribution in [3.05, 3.63) is 18.2 Å². The van der Waals surface area contributed by atoms with Crippen LogP contribution >= 0.6 is 0 Å². The number of hydrogen-bond donors (Lipinski definition) is 2. The largest absolute Gasteiger partial charge is 0.384 e. The van der Waals surface area contributed by atoms with Crippen molar-refractivity contribution in [1.82, 2.24) is 9.88 Å². The molecule has 0 aliphatic carbocycles. The summed E-state index contributed by atoms with van der Waals surface area (Å²) in [6.07, 6.45) is 2.23. The van der Waals surface area contributed by atoms with Crippen molar-refractivity contribution in [2.24, 2.45) is 0 Å². The van der Waals surface area contributed by atoms with Crippen LogP contribution in [-0.2, 0) is 4.79 Å². The minimum atomic E-state index is 0.127. The lowest BCUT2D eigenvalue weighted by Gasteiger charge is -2.15. The maximum absolute atomic E-state index is 11.7. The number of nitrogen functional groups attached to an aromatic ring is 1. The Balaban J connectivity index is 1.84. The van der Waals surface area contributed by atoms with Gasteiger partial charge in [0.1, 0.15) is 11.6 Å². The summed E-state index contributed by atoms with van der Waals surface area (Å²) in [6.45, 7) is 2.05. The molecule has 1 aliphatic rings. The number of nitrogens with two attached hydrogens (primary N) is 1. The minimum Gasteiger partial charge on any atom is -0.384 e. The number of nitrogens with zero attached hydrogens (tertiary/aromatic N) is 2. The maximum atomic E-state index is 11.7. The molecule has 0 aromatic carbocycles. The van der Waals surface area contributed by atoms with E-state index in [4.69, 9.17) is 5.73 Å². The molecule has 16 heavy (non-hydrogen) atoms. The van der Waals surface area contributed by atoms with Crippen molar-refractivity contribution < 1.29 is 4.79 Å². The van der Waals surface area contributed by atoms with E-state index in [0.29, 0.717) is 11.6 Å². The third kappa shape index (κ3) is 2.62. The van der Waals surface area contributed by atoms with Gasteiger partial charge >= 0.3 is 0 Å². The summed E-state index contributed by atoms with van der Waals surface area (Å²) in [4.78, 5) is 17.6. The highest BCUT2D eigenvalue weighted by Gasteiger charge is 2.17. The number of anilines is 2. The molecule has 2 rings (SSSR count). The third-order valence-electron chi connectivity index (χ3n) is 2.65. The first kappa shape index (κ1) is 10.7. The Labute approximate surface area is 94.6 Å². The van der Waals surface area contributed by atoms with Crippen LogP contribution in [0.4, 0.5) is 11.6 Å². The summed E-state index contributed by atoms with van der Waals surface area (Å²) < 4.78 is 0. The van der Waals surface area contributed by atoms with E-state index in [0.717, 1.165) is 25.9 Å². The number of amides is 1. The van der Waals surface area contributed by atoms with Crippen LogP contribution in [0.5, 0.6) is 0 Å². The fraction of sp³-hybridized carbons (Fsp3) is 0.455. The molecule has 3 N–H and O–H groups in total. The van der Waals surface area contributed by atoms with Crippen LogP contribution < -0.4 is 11.1 Å². The smallest absolute Gasteiger partial charge is 0.241 e. The Bertz CT molecular complexity index is 374. The SMILES string of the molecule is Nc1cccc(NCC(=O)N2CCCC2)n1. The van der Waals surface area contributed by atoms with E-state index in [2.05, 4.69) is 10.3 Å². The predicted octanol–water partition coefficient (Wildman–Crippen LogP) is 0.698. The Morgan fingerprint density at radius 3 is 2.88 bits per heavy atom. The quantitative estimate of drug-likeness (QED) is 0.786. The van der Waals surface area contributed by atoms with Gasteiger partial charge in [0.15, 0.2) is 0 Å². The van der Waals surface area contributed by atoms with Crippen molar-refractivity contribution in [2.45, 2.75) is 12.8 Å². The van der Waals surface area contributed by atoms with Gasteiger partial charge in [-0.05, 0) is 25.0 Å². The zero-order valence-electron chi connectivity index (χ0n) is 9.15. The van der Waals surface area contributed by atoms with Crippen molar-refractivity contribution in [2.75, 3.05) is 30.7 Å². The van der Waals surface area contributed by atoms with Gasteiger partial charge in [-0.2, -0.15) is 0 Å². The first-order valence-corrected chi connectivity index (χ1v) is 5.50. The van der Waals surface area contributed by atoms with Gasteiger partial charge in [-0.1, -0.05) is 6.07 Å². The molecular formula is C11H16N4O. The number of hydrogen-bond acceptors (Lipinski definition) is 4. The van der Waals surface area contributed by atoms with E-state index in [1.807, 2.05) is 11.0 Å². The number of aromatic nitrogens is 1. The number of carbonyl (C=O) groups is 1. The molecule has 2 heterocycles. The molecule has 0 saturated carbocycles. The van der Waals surface area contributed by atoms with Gasteiger partial charge in [0.25, 0.3) is 0 Å². The van der Waals surface area contributed by atoms with Gasteiger partial charge in [-0.3, -0.25) is 4.79 Å². The minimum absolute atomic E-state index is 0.127. The summed E-state index contributed by atoms with van der Waals surface area (Å²) >= 11 is 0. The van der Waals surface area contributed by atoms with Crippen LogP contribution in [0.15, 0.2) is 18.2 Å². The molecule has 5 nitrogen and oxygen atoms in total. The first-order valence-electron chi connectivity index (χ1n) is 5.50.